The molecule has 1 aliphatic rings. The van der Waals surface area contributed by atoms with Gasteiger partial charge < -0.3 is 5.32 Å². The minimum Gasteiger partial charge on any atom is -0.377 e. The molecule has 1 N–H and O–H groups in total. The zero-order valence-electron chi connectivity index (χ0n) is 11.3. The number of hydrogen-bond donors (Lipinski definition) is 1. The lowest BCUT2D eigenvalue weighted by atomic mass is 9.94. The van der Waals surface area contributed by atoms with Crippen LogP contribution >= 0.6 is 0 Å². The van der Waals surface area contributed by atoms with Crippen LogP contribution in [0.3, 0.4) is 0 Å². The van der Waals surface area contributed by atoms with Crippen molar-refractivity contribution < 1.29 is 13.3 Å². The number of sulfone groups is 1. The van der Waals surface area contributed by atoms with Crippen LogP contribution in [0.1, 0.15) is 25.7 Å². The molecule has 6 nitrogen and oxygen atoms in total. The molecule has 2 rings (SSSR count). The monoisotopic (exact) mass is 298 g/mol. The Balaban J connectivity index is 2.12. The molecule has 1 aliphatic carbocycles. The van der Waals surface area contributed by atoms with E-state index in [-0.39, 0.29) is 17.0 Å². The van der Waals surface area contributed by atoms with Gasteiger partial charge in [0, 0.05) is 18.4 Å². The fourth-order valence-corrected chi connectivity index (χ4v) is 3.82. The van der Waals surface area contributed by atoms with E-state index in [2.05, 4.69) is 5.32 Å². The van der Waals surface area contributed by atoms with Gasteiger partial charge in [0.15, 0.2) is 0 Å². The van der Waals surface area contributed by atoms with Crippen LogP contribution in [0, 0.1) is 10.1 Å². The summed E-state index contributed by atoms with van der Waals surface area (Å²) in [6.45, 7) is 0. The number of rotatable bonds is 4. The fourth-order valence-electron chi connectivity index (χ4n) is 2.64. The highest BCUT2D eigenvalue weighted by atomic mass is 32.2. The Bertz CT molecular complexity index is 600. The van der Waals surface area contributed by atoms with Crippen molar-refractivity contribution >= 4 is 21.2 Å². The van der Waals surface area contributed by atoms with Crippen molar-refractivity contribution in [3.05, 3.63) is 34.4 Å². The fraction of sp³-hybridized carbons (Fsp3) is 0.538. The van der Waals surface area contributed by atoms with Crippen molar-refractivity contribution in [2.24, 2.45) is 0 Å². The molecule has 7 heteroatoms. The third-order valence-electron chi connectivity index (χ3n) is 3.69. The van der Waals surface area contributed by atoms with E-state index in [1.807, 2.05) is 0 Å². The highest BCUT2D eigenvalue weighted by molar-refractivity contribution is 7.91. The third-order valence-corrected chi connectivity index (χ3v) is 5.33. The Labute approximate surface area is 118 Å². The summed E-state index contributed by atoms with van der Waals surface area (Å²) >= 11 is 0. The molecule has 1 aromatic carbocycles. The molecule has 0 radical (unpaired) electrons. The second kappa shape index (κ2) is 5.78. The van der Waals surface area contributed by atoms with Crippen molar-refractivity contribution in [1.82, 2.24) is 0 Å². The Kier molecular flexibility index (Phi) is 4.27. The lowest BCUT2D eigenvalue weighted by Gasteiger charge is -2.29. The van der Waals surface area contributed by atoms with Gasteiger partial charge in [0.25, 0.3) is 5.69 Å². The van der Waals surface area contributed by atoms with Crippen molar-refractivity contribution in [1.29, 1.82) is 0 Å². The molecule has 0 bridgehead atoms. The molecule has 0 heterocycles. The number of nitro benzene ring substituents is 1. The summed E-state index contributed by atoms with van der Waals surface area (Å²) < 4.78 is 23.2. The van der Waals surface area contributed by atoms with Crippen molar-refractivity contribution in [2.75, 3.05) is 11.6 Å². The van der Waals surface area contributed by atoms with Gasteiger partial charge in [-0.05, 0) is 25.3 Å². The van der Waals surface area contributed by atoms with Gasteiger partial charge in [0.05, 0.1) is 10.2 Å². The highest BCUT2D eigenvalue weighted by Gasteiger charge is 2.29. The Hall–Kier alpha value is -1.63. The lowest BCUT2D eigenvalue weighted by Crippen LogP contribution is -2.34. The van der Waals surface area contributed by atoms with Gasteiger partial charge in [0.1, 0.15) is 15.5 Å². The molecule has 0 saturated heterocycles. The Morgan fingerprint density at radius 3 is 2.65 bits per heavy atom. The molecule has 0 amide bonds. The number of hydrogen-bond acceptors (Lipinski definition) is 5. The van der Waals surface area contributed by atoms with Crippen molar-refractivity contribution in [3.8, 4) is 0 Å². The molecule has 1 saturated carbocycles. The molecule has 110 valence electrons. The average Bonchev–Trinajstić information content (AvgIpc) is 2.38. The number of para-hydroxylation sites is 2. The van der Waals surface area contributed by atoms with Gasteiger partial charge in [-0.1, -0.05) is 18.6 Å². The summed E-state index contributed by atoms with van der Waals surface area (Å²) in [5, 5.41) is 13.7. The van der Waals surface area contributed by atoms with Gasteiger partial charge >= 0.3 is 0 Å². The standard InChI is InChI=1S/C13H18N2O4S/c1-20(18,19)11-6-4-5-10(9-11)14-12-7-2-3-8-13(12)15(16)17/h2-3,7-8,10-11,14H,4-6,9H2,1H3/t10-,11+/m0/s1. The second-order valence-corrected chi connectivity index (χ2v) is 7.56. The number of anilines is 1. The molecule has 0 aliphatic heterocycles. The van der Waals surface area contributed by atoms with Crippen LogP contribution in [0.15, 0.2) is 24.3 Å². The van der Waals surface area contributed by atoms with E-state index in [0.717, 1.165) is 12.8 Å². The molecule has 20 heavy (non-hydrogen) atoms. The van der Waals surface area contributed by atoms with E-state index in [9.17, 15) is 18.5 Å². The summed E-state index contributed by atoms with van der Waals surface area (Å²) in [6, 6.07) is 6.40. The van der Waals surface area contributed by atoms with Gasteiger partial charge in [-0.2, -0.15) is 0 Å². The first-order valence-corrected chi connectivity index (χ1v) is 8.52. The first-order chi connectivity index (χ1) is 9.38. The summed E-state index contributed by atoms with van der Waals surface area (Å²) in [7, 11) is -3.05. The normalized spacial score (nSPS) is 23.2. The summed E-state index contributed by atoms with van der Waals surface area (Å²) in [5.74, 6) is 0. The largest absolute Gasteiger partial charge is 0.377 e. The summed E-state index contributed by atoms with van der Waals surface area (Å²) in [4.78, 5) is 10.5. The second-order valence-electron chi connectivity index (χ2n) is 5.23. The molecule has 1 fully saturated rings. The minimum absolute atomic E-state index is 0.0222. The number of benzene rings is 1. The van der Waals surface area contributed by atoms with Gasteiger partial charge in [-0.25, -0.2) is 8.42 Å². The van der Waals surface area contributed by atoms with Crippen LogP contribution in [0.4, 0.5) is 11.4 Å². The van der Waals surface area contributed by atoms with Gasteiger partial charge in [-0.3, -0.25) is 10.1 Å². The van der Waals surface area contributed by atoms with E-state index in [1.165, 1.54) is 12.3 Å². The van der Waals surface area contributed by atoms with Crippen LogP contribution < -0.4 is 5.32 Å². The SMILES string of the molecule is CS(=O)(=O)[C@@H]1CCC[C@H](Nc2ccccc2[N+](=O)[O-])C1. The predicted molar refractivity (Wildman–Crippen MR) is 77.6 cm³/mol. The Morgan fingerprint density at radius 1 is 1.30 bits per heavy atom. The Morgan fingerprint density at radius 2 is 2.00 bits per heavy atom. The lowest BCUT2D eigenvalue weighted by molar-refractivity contribution is -0.384. The molecule has 0 spiro atoms. The number of nitrogens with zero attached hydrogens (tertiary/aromatic N) is 1. The third kappa shape index (κ3) is 3.47. The summed E-state index contributed by atoms with van der Waals surface area (Å²) in [6.07, 6.45) is 4.08. The zero-order valence-corrected chi connectivity index (χ0v) is 12.1. The number of nitro groups is 1. The smallest absolute Gasteiger partial charge is 0.292 e. The van der Waals surface area contributed by atoms with Gasteiger partial charge in [0.2, 0.25) is 0 Å². The molecule has 1 aromatic rings. The predicted octanol–water partition coefficient (Wildman–Crippen LogP) is 2.36. The van der Waals surface area contributed by atoms with E-state index in [4.69, 9.17) is 0 Å². The van der Waals surface area contributed by atoms with E-state index in [1.54, 1.807) is 18.2 Å². The molecule has 0 aromatic heterocycles. The van der Waals surface area contributed by atoms with E-state index in [0.29, 0.717) is 18.5 Å². The molecular formula is C13H18N2O4S. The first-order valence-electron chi connectivity index (χ1n) is 6.57. The maximum absolute atomic E-state index is 11.6. The van der Waals surface area contributed by atoms with Crippen LogP contribution in [-0.2, 0) is 9.84 Å². The molecular weight excluding hydrogens is 280 g/mol. The van der Waals surface area contributed by atoms with E-state index < -0.39 is 14.8 Å². The highest BCUT2D eigenvalue weighted by Crippen LogP contribution is 2.30. The average molecular weight is 298 g/mol. The quantitative estimate of drug-likeness (QED) is 0.681. The van der Waals surface area contributed by atoms with Crippen molar-refractivity contribution in [3.63, 3.8) is 0 Å². The van der Waals surface area contributed by atoms with Gasteiger partial charge in [-0.15, -0.1) is 0 Å². The van der Waals surface area contributed by atoms with Crippen LogP contribution in [0.5, 0.6) is 0 Å². The number of nitrogens with one attached hydrogen (secondary N) is 1. The first kappa shape index (κ1) is 14.8. The van der Waals surface area contributed by atoms with Crippen molar-refractivity contribution in [2.45, 2.75) is 37.0 Å². The molecule has 2 atom stereocenters. The maximum Gasteiger partial charge on any atom is 0.292 e. The van der Waals surface area contributed by atoms with Crippen LogP contribution in [0.2, 0.25) is 0 Å². The zero-order chi connectivity index (χ0) is 14.8. The maximum atomic E-state index is 11.6. The van der Waals surface area contributed by atoms with E-state index >= 15 is 0 Å². The molecule has 0 unspecified atom stereocenters. The topological polar surface area (TPSA) is 89.3 Å². The minimum atomic E-state index is -3.05. The van der Waals surface area contributed by atoms with Crippen LogP contribution in [0.25, 0.3) is 0 Å². The summed E-state index contributed by atoms with van der Waals surface area (Å²) in [5.41, 5.74) is 0.477. The van der Waals surface area contributed by atoms with Crippen LogP contribution in [-0.4, -0.2) is 30.9 Å².